The van der Waals surface area contributed by atoms with Crippen LogP contribution in [0.5, 0.6) is 0 Å². The van der Waals surface area contributed by atoms with Gasteiger partial charge in [0.15, 0.2) is 0 Å². The predicted molar refractivity (Wildman–Crippen MR) is 89.7 cm³/mol. The van der Waals surface area contributed by atoms with E-state index in [4.69, 9.17) is 0 Å². The number of piperidine rings is 1. The molecule has 1 N–H and O–H groups in total. The number of rotatable bonds is 5. The molecule has 0 aromatic heterocycles. The Bertz CT molecular complexity index is 574. The third kappa shape index (κ3) is 3.74. The molecule has 2 fully saturated rings. The number of nitrogens with one attached hydrogen (secondary N) is 1. The Morgan fingerprint density at radius 1 is 1.39 bits per heavy atom. The minimum atomic E-state index is -0.950. The van der Waals surface area contributed by atoms with Crippen molar-refractivity contribution in [2.45, 2.75) is 31.9 Å². The second-order valence-corrected chi connectivity index (χ2v) is 6.87. The lowest BCUT2D eigenvalue weighted by Gasteiger charge is -2.35. The lowest BCUT2D eigenvalue weighted by molar-refractivity contribution is -0.135. The third-order valence-corrected chi connectivity index (χ3v) is 4.99. The monoisotopic (exact) mass is 316 g/mol. The van der Waals surface area contributed by atoms with Gasteiger partial charge in [-0.3, -0.25) is 4.79 Å². The first-order valence-corrected chi connectivity index (χ1v) is 8.43. The summed E-state index contributed by atoms with van der Waals surface area (Å²) in [6.07, 6.45) is 0.667. The van der Waals surface area contributed by atoms with Gasteiger partial charge in [0.1, 0.15) is 6.17 Å². The van der Waals surface area contributed by atoms with Gasteiger partial charge in [-0.25, -0.2) is 4.39 Å². The maximum Gasteiger partial charge on any atom is 0.226 e. The molecular formula is C19H25FN2O. The Morgan fingerprint density at radius 2 is 2.13 bits per heavy atom. The topological polar surface area (TPSA) is 32.3 Å². The zero-order valence-electron chi connectivity index (χ0n) is 13.7. The molecule has 0 bridgehead atoms. The summed E-state index contributed by atoms with van der Waals surface area (Å²) in [7, 11) is 0. The first-order chi connectivity index (χ1) is 11.1. The van der Waals surface area contributed by atoms with Crippen LogP contribution in [0.2, 0.25) is 0 Å². The summed E-state index contributed by atoms with van der Waals surface area (Å²) in [5, 5.41) is 3.12. The van der Waals surface area contributed by atoms with Gasteiger partial charge in [-0.15, -0.1) is 0 Å². The van der Waals surface area contributed by atoms with Crippen LogP contribution in [-0.4, -0.2) is 36.6 Å². The number of benzene rings is 1. The van der Waals surface area contributed by atoms with Gasteiger partial charge in [0, 0.05) is 30.6 Å². The van der Waals surface area contributed by atoms with E-state index in [1.165, 1.54) is 5.56 Å². The van der Waals surface area contributed by atoms with Crippen molar-refractivity contribution in [1.29, 1.82) is 0 Å². The zero-order valence-corrected chi connectivity index (χ0v) is 13.7. The highest BCUT2D eigenvalue weighted by molar-refractivity contribution is 5.83. The van der Waals surface area contributed by atoms with Gasteiger partial charge in [-0.05, 0) is 31.2 Å². The van der Waals surface area contributed by atoms with Crippen molar-refractivity contribution in [3.8, 4) is 0 Å². The molecule has 0 radical (unpaired) electrons. The van der Waals surface area contributed by atoms with Crippen molar-refractivity contribution in [1.82, 2.24) is 10.2 Å². The van der Waals surface area contributed by atoms with Crippen LogP contribution in [0.25, 0.3) is 0 Å². The average Bonchev–Trinajstić information content (AvgIpc) is 3.34. The fraction of sp³-hybridized carbons (Fsp3) is 0.526. The third-order valence-electron chi connectivity index (χ3n) is 4.99. The molecule has 2 aliphatic rings. The van der Waals surface area contributed by atoms with Gasteiger partial charge >= 0.3 is 0 Å². The van der Waals surface area contributed by atoms with E-state index in [1.54, 1.807) is 4.90 Å². The minimum absolute atomic E-state index is 0.0279. The highest BCUT2D eigenvalue weighted by Gasteiger charge is 2.46. The van der Waals surface area contributed by atoms with Crippen LogP contribution in [-0.2, 0) is 4.79 Å². The van der Waals surface area contributed by atoms with Gasteiger partial charge in [0.05, 0.1) is 6.54 Å². The minimum Gasteiger partial charge on any atom is -0.389 e. The van der Waals surface area contributed by atoms with Crippen LogP contribution in [0.4, 0.5) is 4.39 Å². The van der Waals surface area contributed by atoms with Crippen molar-refractivity contribution in [2.24, 2.45) is 11.8 Å². The van der Waals surface area contributed by atoms with E-state index in [0.717, 1.165) is 18.5 Å². The molecule has 3 nitrogen and oxygen atoms in total. The number of hydrogen-bond acceptors (Lipinski definition) is 2. The molecule has 4 atom stereocenters. The van der Waals surface area contributed by atoms with Crippen molar-refractivity contribution in [3.05, 3.63) is 48.2 Å². The summed E-state index contributed by atoms with van der Waals surface area (Å²) in [6.45, 7) is 7.16. The first kappa shape index (κ1) is 16.0. The van der Waals surface area contributed by atoms with Gasteiger partial charge in [0.2, 0.25) is 5.91 Å². The normalized spacial score (nSPS) is 29.9. The molecule has 1 unspecified atom stereocenters. The number of carbonyl (C=O) groups is 1. The maximum atomic E-state index is 14.3. The number of amides is 1. The average molecular weight is 316 g/mol. The molecule has 124 valence electrons. The highest BCUT2D eigenvalue weighted by atomic mass is 19.1. The number of alkyl halides is 1. The summed E-state index contributed by atoms with van der Waals surface area (Å²) < 4.78 is 14.3. The summed E-state index contributed by atoms with van der Waals surface area (Å²) in [4.78, 5) is 14.3. The van der Waals surface area contributed by atoms with Crippen molar-refractivity contribution in [3.63, 3.8) is 0 Å². The van der Waals surface area contributed by atoms with Crippen LogP contribution in [0.3, 0.4) is 0 Å². The molecule has 1 aromatic carbocycles. The molecule has 1 aromatic rings. The molecule has 1 saturated carbocycles. The van der Waals surface area contributed by atoms with E-state index < -0.39 is 6.17 Å². The van der Waals surface area contributed by atoms with Crippen LogP contribution in [0, 0.1) is 11.8 Å². The van der Waals surface area contributed by atoms with Crippen LogP contribution >= 0.6 is 0 Å². The molecule has 3 rings (SSSR count). The summed E-state index contributed by atoms with van der Waals surface area (Å²) in [6, 6.07) is 10.1. The smallest absolute Gasteiger partial charge is 0.226 e. The number of carbonyl (C=O) groups excluding carboxylic acids is 1. The van der Waals surface area contributed by atoms with Gasteiger partial charge in [0.25, 0.3) is 0 Å². The predicted octanol–water partition coefficient (Wildman–Crippen LogP) is 3.10. The van der Waals surface area contributed by atoms with E-state index in [-0.39, 0.29) is 24.3 Å². The van der Waals surface area contributed by atoms with E-state index in [1.807, 2.05) is 25.1 Å². The van der Waals surface area contributed by atoms with Gasteiger partial charge < -0.3 is 10.2 Å². The summed E-state index contributed by atoms with van der Waals surface area (Å²) in [5.74, 6) is 0.479. The van der Waals surface area contributed by atoms with Crippen LogP contribution < -0.4 is 5.32 Å². The number of hydrogen-bond donors (Lipinski definition) is 1. The molecule has 4 heteroatoms. The van der Waals surface area contributed by atoms with E-state index >= 15 is 0 Å². The molecule has 1 heterocycles. The van der Waals surface area contributed by atoms with Gasteiger partial charge in [-0.1, -0.05) is 36.9 Å². The summed E-state index contributed by atoms with van der Waals surface area (Å²) in [5.41, 5.74) is 2.09. The molecule has 1 aliphatic carbocycles. The summed E-state index contributed by atoms with van der Waals surface area (Å²) >= 11 is 0. The highest BCUT2D eigenvalue weighted by Crippen LogP contribution is 2.48. The lowest BCUT2D eigenvalue weighted by Crippen LogP contribution is -2.47. The van der Waals surface area contributed by atoms with Gasteiger partial charge in [-0.2, -0.15) is 0 Å². The second-order valence-electron chi connectivity index (χ2n) is 6.87. The Kier molecular flexibility index (Phi) is 4.69. The quantitative estimate of drug-likeness (QED) is 0.905. The number of likely N-dealkylation sites (tertiary alicyclic amines) is 1. The number of allylic oxidation sites excluding steroid dienone is 1. The second kappa shape index (κ2) is 6.73. The molecule has 1 amide bonds. The fourth-order valence-corrected chi connectivity index (χ4v) is 3.46. The largest absolute Gasteiger partial charge is 0.389 e. The standard InChI is InChI=1S/C19H25FN2O/c1-13(2)21-11-15-8-9-22(12-18(15)20)19(23)17-10-16(17)14-6-4-3-5-7-14/h3-7,15-18,21H,1,8-12H2,2H3/t15-,16+,17?,18-/m1/s1. The van der Waals surface area contributed by atoms with Crippen molar-refractivity contribution in [2.75, 3.05) is 19.6 Å². The van der Waals surface area contributed by atoms with Crippen LogP contribution in [0.1, 0.15) is 31.2 Å². The molecule has 0 spiro atoms. The molecule has 23 heavy (non-hydrogen) atoms. The zero-order chi connectivity index (χ0) is 16.4. The Labute approximate surface area is 137 Å². The van der Waals surface area contributed by atoms with E-state index in [9.17, 15) is 9.18 Å². The molecule has 1 saturated heterocycles. The SMILES string of the molecule is C=C(C)NC[C@H]1CCN(C(=O)C2C[C@H]2c2ccccc2)C[C@H]1F. The van der Waals surface area contributed by atoms with E-state index in [0.29, 0.717) is 19.0 Å². The molecular weight excluding hydrogens is 291 g/mol. The molecule has 1 aliphatic heterocycles. The Hall–Kier alpha value is -1.84. The van der Waals surface area contributed by atoms with Crippen molar-refractivity contribution >= 4 is 5.91 Å². The van der Waals surface area contributed by atoms with E-state index in [2.05, 4.69) is 24.0 Å². The van der Waals surface area contributed by atoms with Crippen LogP contribution in [0.15, 0.2) is 42.6 Å². The first-order valence-electron chi connectivity index (χ1n) is 8.43. The Morgan fingerprint density at radius 3 is 2.78 bits per heavy atom. The lowest BCUT2D eigenvalue weighted by atomic mass is 9.94. The number of nitrogens with zero attached hydrogens (tertiary/aromatic N) is 1. The van der Waals surface area contributed by atoms with Crippen molar-refractivity contribution < 1.29 is 9.18 Å². The maximum absolute atomic E-state index is 14.3. The Balaban J connectivity index is 1.52. The number of halogens is 1. The fourth-order valence-electron chi connectivity index (χ4n) is 3.46.